The molecule has 0 saturated carbocycles. The van der Waals surface area contributed by atoms with Crippen LogP contribution in [0.1, 0.15) is 11.4 Å². The van der Waals surface area contributed by atoms with Crippen molar-refractivity contribution in [3.63, 3.8) is 0 Å². The van der Waals surface area contributed by atoms with E-state index >= 15 is 0 Å². The van der Waals surface area contributed by atoms with Gasteiger partial charge in [-0.05, 0) is 26.0 Å². The van der Waals surface area contributed by atoms with Crippen molar-refractivity contribution in [2.45, 2.75) is 13.8 Å². The van der Waals surface area contributed by atoms with Gasteiger partial charge >= 0.3 is 0 Å². The molecule has 0 saturated heterocycles. The Labute approximate surface area is 112 Å². The molecule has 0 aliphatic heterocycles. The van der Waals surface area contributed by atoms with Gasteiger partial charge in [-0.2, -0.15) is 4.98 Å². The molecule has 19 heavy (non-hydrogen) atoms. The van der Waals surface area contributed by atoms with Crippen molar-refractivity contribution in [1.29, 1.82) is 0 Å². The van der Waals surface area contributed by atoms with Crippen LogP contribution in [-0.4, -0.2) is 24.1 Å². The lowest BCUT2D eigenvalue weighted by molar-refractivity contribution is 0.406. The smallest absolute Gasteiger partial charge is 0.227 e. The summed E-state index contributed by atoms with van der Waals surface area (Å²) in [5.41, 5.74) is 0.871. The van der Waals surface area contributed by atoms with E-state index in [1.54, 1.807) is 7.11 Å². The van der Waals surface area contributed by atoms with Gasteiger partial charge in [-0.3, -0.25) is 0 Å². The van der Waals surface area contributed by atoms with Gasteiger partial charge in [0.05, 0.1) is 12.7 Å². The molecule has 1 N–H and O–H groups in total. The molecular formula is C14H17N3O2. The average Bonchev–Trinajstić information content (AvgIpc) is 2.42. The Bertz CT molecular complexity index is 585. The Morgan fingerprint density at radius 2 is 1.84 bits per heavy atom. The lowest BCUT2D eigenvalue weighted by Gasteiger charge is -2.12. The summed E-state index contributed by atoms with van der Waals surface area (Å²) >= 11 is 0. The van der Waals surface area contributed by atoms with Crippen molar-refractivity contribution in [1.82, 2.24) is 9.97 Å². The highest BCUT2D eigenvalue weighted by atomic mass is 16.5. The molecule has 0 amide bonds. The van der Waals surface area contributed by atoms with Crippen LogP contribution in [0.4, 0.5) is 5.82 Å². The van der Waals surface area contributed by atoms with Gasteiger partial charge in [0.1, 0.15) is 23.1 Å². The standard InChI is InChI=1S/C14H17N3O2/c1-9-13(15-3)16-10(2)17-14(9)19-12-7-5-6-11(8-12)18-4/h5-8H,1-4H3,(H,15,16,17). The van der Waals surface area contributed by atoms with E-state index in [4.69, 9.17) is 9.47 Å². The maximum absolute atomic E-state index is 5.80. The van der Waals surface area contributed by atoms with E-state index in [2.05, 4.69) is 15.3 Å². The van der Waals surface area contributed by atoms with Crippen molar-refractivity contribution in [3.05, 3.63) is 35.7 Å². The first-order valence-electron chi connectivity index (χ1n) is 5.99. The van der Waals surface area contributed by atoms with Crippen LogP contribution in [0.3, 0.4) is 0 Å². The number of hydrogen-bond acceptors (Lipinski definition) is 5. The minimum atomic E-state index is 0.546. The van der Waals surface area contributed by atoms with Crippen molar-refractivity contribution >= 4 is 5.82 Å². The highest BCUT2D eigenvalue weighted by Gasteiger charge is 2.10. The van der Waals surface area contributed by atoms with Crippen molar-refractivity contribution in [2.75, 3.05) is 19.5 Å². The summed E-state index contributed by atoms with van der Waals surface area (Å²) in [7, 11) is 3.45. The summed E-state index contributed by atoms with van der Waals surface area (Å²) < 4.78 is 11.0. The fourth-order valence-corrected chi connectivity index (χ4v) is 1.72. The molecular weight excluding hydrogens is 242 g/mol. The Balaban J connectivity index is 2.34. The third kappa shape index (κ3) is 2.93. The van der Waals surface area contributed by atoms with Gasteiger partial charge < -0.3 is 14.8 Å². The van der Waals surface area contributed by atoms with Crippen LogP contribution in [0.5, 0.6) is 17.4 Å². The van der Waals surface area contributed by atoms with Gasteiger partial charge in [0, 0.05) is 13.1 Å². The molecule has 1 aromatic heterocycles. The molecule has 2 rings (SSSR count). The zero-order valence-corrected chi connectivity index (χ0v) is 11.5. The summed E-state index contributed by atoms with van der Waals surface area (Å²) in [5.74, 6) is 3.40. The predicted octanol–water partition coefficient (Wildman–Crippen LogP) is 2.94. The van der Waals surface area contributed by atoms with Crippen molar-refractivity contribution in [2.24, 2.45) is 0 Å². The van der Waals surface area contributed by atoms with Crippen LogP contribution < -0.4 is 14.8 Å². The first-order valence-corrected chi connectivity index (χ1v) is 5.99. The second-order valence-corrected chi connectivity index (χ2v) is 4.08. The van der Waals surface area contributed by atoms with Gasteiger partial charge in [0.15, 0.2) is 0 Å². The van der Waals surface area contributed by atoms with Gasteiger partial charge in [-0.15, -0.1) is 0 Å². The zero-order valence-electron chi connectivity index (χ0n) is 11.5. The Morgan fingerprint density at radius 1 is 1.11 bits per heavy atom. The Kier molecular flexibility index (Phi) is 3.85. The van der Waals surface area contributed by atoms with Crippen LogP contribution >= 0.6 is 0 Å². The monoisotopic (exact) mass is 259 g/mol. The number of methoxy groups -OCH3 is 1. The van der Waals surface area contributed by atoms with E-state index < -0.39 is 0 Å². The number of nitrogens with one attached hydrogen (secondary N) is 1. The molecule has 100 valence electrons. The van der Waals surface area contributed by atoms with E-state index in [1.807, 2.05) is 45.2 Å². The van der Waals surface area contributed by atoms with Crippen LogP contribution in [0, 0.1) is 13.8 Å². The minimum absolute atomic E-state index is 0.546. The van der Waals surface area contributed by atoms with Gasteiger partial charge in [0.25, 0.3) is 0 Å². The molecule has 1 aromatic carbocycles. The molecule has 0 fully saturated rings. The summed E-state index contributed by atoms with van der Waals surface area (Å²) in [6, 6.07) is 7.41. The highest BCUT2D eigenvalue weighted by molar-refractivity contribution is 5.49. The van der Waals surface area contributed by atoms with Crippen LogP contribution in [0.25, 0.3) is 0 Å². The fourth-order valence-electron chi connectivity index (χ4n) is 1.72. The highest BCUT2D eigenvalue weighted by Crippen LogP contribution is 2.28. The number of nitrogens with zero attached hydrogens (tertiary/aromatic N) is 2. The van der Waals surface area contributed by atoms with Crippen molar-refractivity contribution < 1.29 is 9.47 Å². The van der Waals surface area contributed by atoms with Crippen LogP contribution in [0.2, 0.25) is 0 Å². The molecule has 0 aliphatic carbocycles. The molecule has 5 heteroatoms. The molecule has 0 atom stereocenters. The third-order valence-electron chi connectivity index (χ3n) is 2.71. The number of ether oxygens (including phenoxy) is 2. The van der Waals surface area contributed by atoms with Crippen LogP contribution in [-0.2, 0) is 0 Å². The normalized spacial score (nSPS) is 10.1. The number of aryl methyl sites for hydroxylation is 1. The fraction of sp³-hybridized carbons (Fsp3) is 0.286. The molecule has 2 aromatic rings. The maximum atomic E-state index is 5.80. The number of benzene rings is 1. The predicted molar refractivity (Wildman–Crippen MR) is 74.1 cm³/mol. The van der Waals surface area contributed by atoms with Gasteiger partial charge in [-0.1, -0.05) is 6.07 Å². The summed E-state index contributed by atoms with van der Waals surface area (Å²) in [6.07, 6.45) is 0. The van der Waals surface area contributed by atoms with E-state index in [1.165, 1.54) is 0 Å². The summed E-state index contributed by atoms with van der Waals surface area (Å²) in [5, 5.41) is 3.03. The summed E-state index contributed by atoms with van der Waals surface area (Å²) in [4.78, 5) is 8.62. The number of rotatable bonds is 4. The van der Waals surface area contributed by atoms with Gasteiger partial charge in [-0.25, -0.2) is 4.98 Å². The first-order chi connectivity index (χ1) is 9.13. The molecule has 0 bridgehead atoms. The molecule has 0 spiro atoms. The van der Waals surface area contributed by atoms with E-state index in [-0.39, 0.29) is 0 Å². The maximum Gasteiger partial charge on any atom is 0.227 e. The SMILES string of the molecule is CNc1nc(C)nc(Oc2cccc(OC)c2)c1C. The largest absolute Gasteiger partial charge is 0.497 e. The molecule has 0 aliphatic rings. The van der Waals surface area contributed by atoms with Gasteiger partial charge in [0.2, 0.25) is 5.88 Å². The van der Waals surface area contributed by atoms with Crippen LogP contribution in [0.15, 0.2) is 24.3 Å². The third-order valence-corrected chi connectivity index (χ3v) is 2.71. The molecule has 0 unspecified atom stereocenters. The number of aromatic nitrogens is 2. The van der Waals surface area contributed by atoms with E-state index in [0.717, 1.165) is 17.1 Å². The zero-order chi connectivity index (χ0) is 13.8. The quantitative estimate of drug-likeness (QED) is 0.914. The second kappa shape index (κ2) is 5.56. The number of anilines is 1. The first kappa shape index (κ1) is 13.1. The van der Waals surface area contributed by atoms with E-state index in [0.29, 0.717) is 17.5 Å². The summed E-state index contributed by atoms with van der Waals surface area (Å²) in [6.45, 7) is 3.75. The Hall–Kier alpha value is -2.30. The topological polar surface area (TPSA) is 56.3 Å². The minimum Gasteiger partial charge on any atom is -0.497 e. The molecule has 1 heterocycles. The van der Waals surface area contributed by atoms with Crippen molar-refractivity contribution in [3.8, 4) is 17.4 Å². The molecule has 5 nitrogen and oxygen atoms in total. The lowest BCUT2D eigenvalue weighted by Crippen LogP contribution is -2.02. The average molecular weight is 259 g/mol. The van der Waals surface area contributed by atoms with E-state index in [9.17, 15) is 0 Å². The second-order valence-electron chi connectivity index (χ2n) is 4.08. The number of hydrogen-bond donors (Lipinski definition) is 1. The lowest BCUT2D eigenvalue weighted by atomic mass is 10.3. The Morgan fingerprint density at radius 3 is 2.53 bits per heavy atom. The molecule has 0 radical (unpaired) electrons.